The largest absolute Gasteiger partial charge is 0.409 e. The summed E-state index contributed by atoms with van der Waals surface area (Å²) < 4.78 is 0. The van der Waals surface area contributed by atoms with Crippen LogP contribution in [-0.2, 0) is 11.2 Å². The van der Waals surface area contributed by atoms with Crippen molar-refractivity contribution in [3.05, 3.63) is 64.7 Å². The Morgan fingerprint density at radius 2 is 1.95 bits per heavy atom. The number of carbonyl (C=O) groups is 1. The maximum absolute atomic E-state index is 11.9. The molecule has 2 rings (SSSR count). The number of carbonyl (C=O) groups excluding carboxylic acids is 1. The Morgan fingerprint density at radius 3 is 2.57 bits per heavy atom. The molecule has 0 unspecified atom stereocenters. The number of oxime groups is 1. The molecule has 0 bridgehead atoms. The Labute approximate surface area is 127 Å². The maximum Gasteiger partial charge on any atom is 0.228 e. The first-order valence-electron chi connectivity index (χ1n) is 6.21. The molecule has 2 aromatic rings. The van der Waals surface area contributed by atoms with Crippen LogP contribution in [0.25, 0.3) is 0 Å². The van der Waals surface area contributed by atoms with Crippen LogP contribution < -0.4 is 11.1 Å². The van der Waals surface area contributed by atoms with E-state index in [4.69, 9.17) is 22.5 Å². The minimum Gasteiger partial charge on any atom is -0.409 e. The van der Waals surface area contributed by atoms with Crippen LogP contribution in [0, 0.1) is 0 Å². The first-order chi connectivity index (χ1) is 10.1. The zero-order valence-electron chi connectivity index (χ0n) is 11.1. The summed E-state index contributed by atoms with van der Waals surface area (Å²) in [6.45, 7) is 0. The highest BCUT2D eigenvalue weighted by Gasteiger charge is 2.05. The first kappa shape index (κ1) is 14.9. The van der Waals surface area contributed by atoms with Crippen LogP contribution in [-0.4, -0.2) is 17.0 Å². The molecular weight excluding hydrogens is 290 g/mol. The molecular formula is C15H14ClN3O2. The molecule has 0 aromatic heterocycles. The van der Waals surface area contributed by atoms with Gasteiger partial charge in [0.2, 0.25) is 5.91 Å². The predicted octanol–water partition coefficient (Wildman–Crippen LogP) is 2.62. The molecule has 0 atom stereocenters. The number of rotatable bonds is 4. The summed E-state index contributed by atoms with van der Waals surface area (Å²) in [4.78, 5) is 11.9. The molecule has 21 heavy (non-hydrogen) atoms. The first-order valence-corrected chi connectivity index (χ1v) is 6.58. The van der Waals surface area contributed by atoms with Gasteiger partial charge in [-0.15, -0.1) is 0 Å². The van der Waals surface area contributed by atoms with Crippen molar-refractivity contribution >= 4 is 29.0 Å². The van der Waals surface area contributed by atoms with Gasteiger partial charge in [-0.3, -0.25) is 4.79 Å². The van der Waals surface area contributed by atoms with Crippen molar-refractivity contribution in [2.24, 2.45) is 10.9 Å². The molecule has 0 aliphatic carbocycles. The highest BCUT2D eigenvalue weighted by molar-refractivity contribution is 6.30. The number of hydrogen-bond donors (Lipinski definition) is 3. The summed E-state index contributed by atoms with van der Waals surface area (Å²) in [5, 5.41) is 14.8. The van der Waals surface area contributed by atoms with Crippen LogP contribution in [0.3, 0.4) is 0 Å². The van der Waals surface area contributed by atoms with E-state index in [9.17, 15) is 4.79 Å². The molecule has 0 saturated heterocycles. The lowest BCUT2D eigenvalue weighted by atomic mass is 10.1. The SMILES string of the molecule is NC(=NO)c1ccc(CC(=O)Nc2cccc(Cl)c2)cc1. The van der Waals surface area contributed by atoms with E-state index in [1.54, 1.807) is 48.5 Å². The van der Waals surface area contributed by atoms with Gasteiger partial charge in [-0.25, -0.2) is 0 Å². The van der Waals surface area contributed by atoms with Crippen molar-refractivity contribution in [2.45, 2.75) is 6.42 Å². The van der Waals surface area contributed by atoms with Crippen LogP contribution in [0.1, 0.15) is 11.1 Å². The van der Waals surface area contributed by atoms with Crippen molar-refractivity contribution < 1.29 is 10.0 Å². The number of anilines is 1. The van der Waals surface area contributed by atoms with Crippen LogP contribution in [0.4, 0.5) is 5.69 Å². The molecule has 1 amide bonds. The van der Waals surface area contributed by atoms with Gasteiger partial charge in [0, 0.05) is 16.3 Å². The zero-order chi connectivity index (χ0) is 15.2. The number of nitrogens with two attached hydrogens (primary N) is 1. The monoisotopic (exact) mass is 303 g/mol. The second kappa shape index (κ2) is 6.76. The van der Waals surface area contributed by atoms with E-state index in [-0.39, 0.29) is 18.2 Å². The van der Waals surface area contributed by atoms with Crippen molar-refractivity contribution in [1.82, 2.24) is 0 Å². The fraction of sp³-hybridized carbons (Fsp3) is 0.0667. The van der Waals surface area contributed by atoms with Gasteiger partial charge >= 0.3 is 0 Å². The second-order valence-corrected chi connectivity index (χ2v) is 4.85. The van der Waals surface area contributed by atoms with E-state index in [2.05, 4.69) is 10.5 Å². The third kappa shape index (κ3) is 4.22. The summed E-state index contributed by atoms with van der Waals surface area (Å²) in [5.41, 5.74) is 7.54. The summed E-state index contributed by atoms with van der Waals surface area (Å²) in [6.07, 6.45) is 0.225. The summed E-state index contributed by atoms with van der Waals surface area (Å²) in [5.74, 6) is -0.112. The van der Waals surface area contributed by atoms with Crippen molar-refractivity contribution in [3.8, 4) is 0 Å². The molecule has 2 aromatic carbocycles. The lowest BCUT2D eigenvalue weighted by Crippen LogP contribution is -2.15. The van der Waals surface area contributed by atoms with Gasteiger partial charge in [-0.2, -0.15) is 0 Å². The quantitative estimate of drug-likeness (QED) is 0.351. The van der Waals surface area contributed by atoms with Gasteiger partial charge < -0.3 is 16.3 Å². The Morgan fingerprint density at radius 1 is 1.24 bits per heavy atom. The van der Waals surface area contributed by atoms with E-state index < -0.39 is 0 Å². The van der Waals surface area contributed by atoms with Gasteiger partial charge in [0.1, 0.15) is 0 Å². The van der Waals surface area contributed by atoms with Crippen molar-refractivity contribution in [3.63, 3.8) is 0 Å². The molecule has 0 aliphatic rings. The van der Waals surface area contributed by atoms with Gasteiger partial charge in [-0.05, 0) is 23.8 Å². The van der Waals surface area contributed by atoms with E-state index in [1.165, 1.54) is 0 Å². The maximum atomic E-state index is 11.9. The Balaban J connectivity index is 2.00. The van der Waals surface area contributed by atoms with E-state index in [1.807, 2.05) is 0 Å². The number of benzene rings is 2. The Kier molecular flexibility index (Phi) is 4.79. The third-order valence-corrected chi connectivity index (χ3v) is 3.07. The number of hydrogen-bond acceptors (Lipinski definition) is 3. The van der Waals surface area contributed by atoms with Crippen molar-refractivity contribution in [2.75, 3.05) is 5.32 Å². The number of nitrogens with zero attached hydrogens (tertiary/aromatic N) is 1. The number of amides is 1. The number of halogens is 1. The smallest absolute Gasteiger partial charge is 0.228 e. The highest BCUT2D eigenvalue weighted by Crippen LogP contribution is 2.15. The van der Waals surface area contributed by atoms with Crippen LogP contribution in [0.2, 0.25) is 5.02 Å². The molecule has 0 saturated carbocycles. The zero-order valence-corrected chi connectivity index (χ0v) is 11.8. The lowest BCUT2D eigenvalue weighted by molar-refractivity contribution is -0.115. The number of nitrogens with one attached hydrogen (secondary N) is 1. The normalized spacial score (nSPS) is 11.2. The molecule has 108 valence electrons. The fourth-order valence-corrected chi connectivity index (χ4v) is 2.00. The Hall–Kier alpha value is -2.53. The standard InChI is InChI=1S/C15H14ClN3O2/c16-12-2-1-3-13(9-12)18-14(20)8-10-4-6-11(7-5-10)15(17)19-21/h1-7,9,21H,8H2,(H2,17,19)(H,18,20). The minimum absolute atomic E-state index is 0.0323. The molecule has 0 radical (unpaired) electrons. The van der Waals surface area contributed by atoms with Crippen LogP contribution in [0.5, 0.6) is 0 Å². The topological polar surface area (TPSA) is 87.7 Å². The molecule has 0 fully saturated rings. The summed E-state index contributed by atoms with van der Waals surface area (Å²) in [6, 6.07) is 13.9. The molecule has 5 nitrogen and oxygen atoms in total. The van der Waals surface area contributed by atoms with E-state index in [0.29, 0.717) is 16.3 Å². The summed E-state index contributed by atoms with van der Waals surface area (Å²) in [7, 11) is 0. The van der Waals surface area contributed by atoms with E-state index >= 15 is 0 Å². The molecule has 6 heteroatoms. The molecule has 0 heterocycles. The van der Waals surface area contributed by atoms with Gasteiger partial charge in [-0.1, -0.05) is 47.1 Å². The second-order valence-electron chi connectivity index (χ2n) is 4.42. The molecule has 0 aliphatic heterocycles. The average molecular weight is 304 g/mol. The Bertz CT molecular complexity index is 669. The van der Waals surface area contributed by atoms with Crippen LogP contribution >= 0.6 is 11.6 Å². The molecule has 4 N–H and O–H groups in total. The fourth-order valence-electron chi connectivity index (χ4n) is 1.81. The highest BCUT2D eigenvalue weighted by atomic mass is 35.5. The average Bonchev–Trinajstić information content (AvgIpc) is 2.47. The van der Waals surface area contributed by atoms with Crippen molar-refractivity contribution in [1.29, 1.82) is 0 Å². The van der Waals surface area contributed by atoms with Gasteiger partial charge in [0.05, 0.1) is 6.42 Å². The number of amidine groups is 1. The summed E-state index contributed by atoms with van der Waals surface area (Å²) >= 11 is 5.85. The van der Waals surface area contributed by atoms with Crippen LogP contribution in [0.15, 0.2) is 53.7 Å². The molecule has 0 spiro atoms. The predicted molar refractivity (Wildman–Crippen MR) is 82.7 cm³/mol. The van der Waals surface area contributed by atoms with E-state index in [0.717, 1.165) is 5.56 Å². The van der Waals surface area contributed by atoms with Gasteiger partial charge in [0.15, 0.2) is 5.84 Å². The van der Waals surface area contributed by atoms with Gasteiger partial charge in [0.25, 0.3) is 0 Å². The third-order valence-electron chi connectivity index (χ3n) is 2.83. The lowest BCUT2D eigenvalue weighted by Gasteiger charge is -2.06. The minimum atomic E-state index is -0.145.